The Kier molecular flexibility index (Phi) is 2.58. The van der Waals surface area contributed by atoms with Gasteiger partial charge in [-0.3, -0.25) is 4.79 Å². The van der Waals surface area contributed by atoms with Crippen LogP contribution in [0.4, 0.5) is 13.2 Å². The van der Waals surface area contributed by atoms with Gasteiger partial charge in [-0.2, -0.15) is 13.2 Å². The van der Waals surface area contributed by atoms with Crippen LogP contribution in [-0.4, -0.2) is 12.0 Å². The van der Waals surface area contributed by atoms with E-state index in [0.717, 1.165) is 24.1 Å². The van der Waals surface area contributed by atoms with E-state index >= 15 is 0 Å². The van der Waals surface area contributed by atoms with Crippen LogP contribution in [0.1, 0.15) is 33.6 Å². The number of halogens is 3. The number of alkyl halides is 3. The molecule has 1 aliphatic rings. The van der Waals surface area contributed by atoms with Gasteiger partial charge in [0.15, 0.2) is 0 Å². The number of rotatable bonds is 1. The molecule has 0 fully saturated rings. The van der Waals surface area contributed by atoms with E-state index in [-0.39, 0.29) is 5.56 Å². The monoisotopic (exact) mass is 234 g/mol. The lowest BCUT2D eigenvalue weighted by molar-refractivity contribution is -0.0885. The highest BCUT2D eigenvalue weighted by Gasteiger charge is 2.41. The van der Waals surface area contributed by atoms with Crippen LogP contribution in [0.15, 0.2) is 5.38 Å². The molecule has 0 bridgehead atoms. The number of ketones is 1. The minimum Gasteiger partial charge on any atom is -0.284 e. The Balaban J connectivity index is 2.37. The Bertz CT molecular complexity index is 392. The molecule has 0 spiro atoms. The molecule has 0 amide bonds. The number of carbonyl (C=O) groups excluding carboxylic acids is 1. The molecule has 1 heterocycles. The summed E-state index contributed by atoms with van der Waals surface area (Å²) in [7, 11) is 0. The van der Waals surface area contributed by atoms with E-state index in [0.29, 0.717) is 12.0 Å². The van der Waals surface area contributed by atoms with Gasteiger partial charge in [-0.1, -0.05) is 0 Å². The standard InChI is InChI=1S/C10H9F3OS/c11-10(12,13)9(14)7-5-15-8-4-2-1-3-6(7)8/h5H,1-4H2. The summed E-state index contributed by atoms with van der Waals surface area (Å²) in [6.45, 7) is 0. The molecule has 0 atom stereocenters. The summed E-state index contributed by atoms with van der Waals surface area (Å²) in [6, 6.07) is 0. The maximum Gasteiger partial charge on any atom is 0.454 e. The number of fused-ring (bicyclic) bond motifs is 1. The smallest absolute Gasteiger partial charge is 0.284 e. The van der Waals surface area contributed by atoms with Crippen molar-refractivity contribution >= 4 is 17.1 Å². The van der Waals surface area contributed by atoms with Crippen LogP contribution in [0.25, 0.3) is 0 Å². The highest BCUT2D eigenvalue weighted by molar-refractivity contribution is 7.10. The van der Waals surface area contributed by atoms with Crippen LogP contribution in [-0.2, 0) is 12.8 Å². The lowest BCUT2D eigenvalue weighted by atomic mass is 9.94. The summed E-state index contributed by atoms with van der Waals surface area (Å²) in [5.41, 5.74) is 0.510. The first-order valence-corrected chi connectivity index (χ1v) is 5.59. The second-order valence-corrected chi connectivity index (χ2v) is 4.55. The third kappa shape index (κ3) is 1.93. The first-order chi connectivity index (χ1) is 7.00. The van der Waals surface area contributed by atoms with Crippen molar-refractivity contribution in [2.75, 3.05) is 0 Å². The van der Waals surface area contributed by atoms with Gasteiger partial charge in [0, 0.05) is 15.8 Å². The van der Waals surface area contributed by atoms with Crippen LogP contribution in [0.3, 0.4) is 0 Å². The molecule has 1 aliphatic carbocycles. The Morgan fingerprint density at radius 3 is 2.60 bits per heavy atom. The zero-order valence-electron chi connectivity index (χ0n) is 7.86. The molecule has 1 aromatic heterocycles. The first kappa shape index (κ1) is 10.7. The molecular formula is C10H9F3OS. The quantitative estimate of drug-likeness (QED) is 0.681. The summed E-state index contributed by atoms with van der Waals surface area (Å²) >= 11 is 1.28. The molecule has 0 saturated heterocycles. The number of Topliss-reactive ketones (excluding diaryl/α,β-unsaturated/α-hetero) is 1. The lowest BCUT2D eigenvalue weighted by Gasteiger charge is -2.12. The molecule has 0 aliphatic heterocycles. The number of hydrogen-bond donors (Lipinski definition) is 0. The Morgan fingerprint density at radius 1 is 1.27 bits per heavy atom. The van der Waals surface area contributed by atoms with Gasteiger partial charge in [0.05, 0.1) is 0 Å². The Hall–Kier alpha value is -0.840. The van der Waals surface area contributed by atoms with E-state index in [2.05, 4.69) is 0 Å². The van der Waals surface area contributed by atoms with Crippen molar-refractivity contribution in [2.45, 2.75) is 31.9 Å². The zero-order chi connectivity index (χ0) is 11.1. The molecule has 5 heteroatoms. The van der Waals surface area contributed by atoms with Crippen LogP contribution in [0.2, 0.25) is 0 Å². The second-order valence-electron chi connectivity index (χ2n) is 3.59. The molecular weight excluding hydrogens is 225 g/mol. The molecule has 0 saturated carbocycles. The molecule has 2 rings (SSSR count). The predicted molar refractivity (Wildman–Crippen MR) is 51.3 cm³/mol. The van der Waals surface area contributed by atoms with Crippen molar-refractivity contribution in [1.82, 2.24) is 0 Å². The van der Waals surface area contributed by atoms with Crippen molar-refractivity contribution in [1.29, 1.82) is 0 Å². The zero-order valence-corrected chi connectivity index (χ0v) is 8.67. The van der Waals surface area contributed by atoms with Crippen LogP contribution < -0.4 is 0 Å². The molecule has 82 valence electrons. The van der Waals surface area contributed by atoms with Crippen molar-refractivity contribution < 1.29 is 18.0 Å². The first-order valence-electron chi connectivity index (χ1n) is 4.71. The molecule has 0 aromatic carbocycles. The molecule has 0 unspecified atom stereocenters. The highest BCUT2D eigenvalue weighted by atomic mass is 32.1. The maximum absolute atomic E-state index is 12.2. The van der Waals surface area contributed by atoms with E-state index in [1.807, 2.05) is 0 Å². The largest absolute Gasteiger partial charge is 0.454 e. The van der Waals surface area contributed by atoms with Gasteiger partial charge in [0.1, 0.15) is 0 Å². The van der Waals surface area contributed by atoms with E-state index in [4.69, 9.17) is 0 Å². The fourth-order valence-corrected chi connectivity index (χ4v) is 2.96. The lowest BCUT2D eigenvalue weighted by Crippen LogP contribution is -2.23. The second kappa shape index (κ2) is 3.63. The van der Waals surface area contributed by atoms with Gasteiger partial charge in [-0.05, 0) is 31.2 Å². The van der Waals surface area contributed by atoms with E-state index in [1.54, 1.807) is 0 Å². The van der Waals surface area contributed by atoms with Crippen LogP contribution in [0.5, 0.6) is 0 Å². The van der Waals surface area contributed by atoms with Gasteiger partial charge in [-0.15, -0.1) is 11.3 Å². The summed E-state index contributed by atoms with van der Waals surface area (Å²) < 4.78 is 36.7. The fourth-order valence-electron chi connectivity index (χ4n) is 1.84. The van der Waals surface area contributed by atoms with Crippen molar-refractivity contribution in [3.63, 3.8) is 0 Å². The molecule has 1 nitrogen and oxygen atoms in total. The molecule has 1 aromatic rings. The minimum absolute atomic E-state index is 0.123. The van der Waals surface area contributed by atoms with Crippen LogP contribution >= 0.6 is 11.3 Å². The Labute approximate surface area is 88.9 Å². The van der Waals surface area contributed by atoms with Crippen molar-refractivity contribution in [3.8, 4) is 0 Å². The summed E-state index contributed by atoms with van der Waals surface area (Å²) in [6.07, 6.45) is -1.44. The van der Waals surface area contributed by atoms with E-state index in [9.17, 15) is 18.0 Å². The summed E-state index contributed by atoms with van der Waals surface area (Å²) in [5.74, 6) is -1.69. The number of carbonyl (C=O) groups is 1. The van der Waals surface area contributed by atoms with E-state index in [1.165, 1.54) is 16.7 Å². The average Bonchev–Trinajstić information content (AvgIpc) is 2.58. The van der Waals surface area contributed by atoms with E-state index < -0.39 is 12.0 Å². The maximum atomic E-state index is 12.2. The SMILES string of the molecule is O=C(c1csc2c1CCCC2)C(F)(F)F. The predicted octanol–water partition coefficient (Wildman–Crippen LogP) is 3.37. The fraction of sp³-hybridized carbons (Fsp3) is 0.500. The van der Waals surface area contributed by atoms with Crippen molar-refractivity contribution in [3.05, 3.63) is 21.4 Å². The van der Waals surface area contributed by atoms with Crippen LogP contribution in [0, 0.1) is 0 Å². The number of thiophene rings is 1. The Morgan fingerprint density at radius 2 is 1.93 bits per heavy atom. The number of hydrogen-bond acceptors (Lipinski definition) is 2. The van der Waals surface area contributed by atoms with Gasteiger partial charge < -0.3 is 0 Å². The minimum atomic E-state index is -4.74. The van der Waals surface area contributed by atoms with Crippen molar-refractivity contribution in [2.24, 2.45) is 0 Å². The topological polar surface area (TPSA) is 17.1 Å². The molecule has 0 radical (unpaired) electrons. The summed E-state index contributed by atoms with van der Waals surface area (Å²) in [5, 5.41) is 1.35. The van der Waals surface area contributed by atoms with Gasteiger partial charge in [0.2, 0.25) is 0 Å². The van der Waals surface area contributed by atoms with Gasteiger partial charge in [-0.25, -0.2) is 0 Å². The normalized spacial score (nSPS) is 16.2. The third-order valence-electron chi connectivity index (χ3n) is 2.56. The van der Waals surface area contributed by atoms with Gasteiger partial charge in [0.25, 0.3) is 5.78 Å². The molecule has 15 heavy (non-hydrogen) atoms. The summed E-state index contributed by atoms with van der Waals surface area (Å²) in [4.78, 5) is 12.0. The third-order valence-corrected chi connectivity index (χ3v) is 3.65. The number of aryl methyl sites for hydroxylation is 1. The van der Waals surface area contributed by atoms with Gasteiger partial charge >= 0.3 is 6.18 Å². The highest BCUT2D eigenvalue weighted by Crippen LogP contribution is 2.33. The average molecular weight is 234 g/mol. The molecule has 0 N–H and O–H groups in total.